The van der Waals surface area contributed by atoms with Gasteiger partial charge in [0.1, 0.15) is 5.60 Å². The van der Waals surface area contributed by atoms with Crippen molar-refractivity contribution >= 4 is 5.97 Å². The zero-order valence-corrected chi connectivity index (χ0v) is 10.9. The maximum absolute atomic E-state index is 11.8. The predicted molar refractivity (Wildman–Crippen MR) is 63.8 cm³/mol. The van der Waals surface area contributed by atoms with E-state index >= 15 is 0 Å². The van der Waals surface area contributed by atoms with Crippen LogP contribution in [-0.4, -0.2) is 11.6 Å². The molecule has 90 valence electrons. The molecule has 1 atom stereocenters. The van der Waals surface area contributed by atoms with Crippen molar-refractivity contribution in [3.63, 3.8) is 0 Å². The van der Waals surface area contributed by atoms with Crippen molar-refractivity contribution in [1.29, 1.82) is 0 Å². The SMILES string of the molecule is CCCC[C@H](CCC)C(=O)OC(C)(C)C. The van der Waals surface area contributed by atoms with Crippen LogP contribution < -0.4 is 0 Å². The second-order valence-electron chi connectivity index (χ2n) is 5.16. The summed E-state index contributed by atoms with van der Waals surface area (Å²) in [5, 5.41) is 0. The first-order chi connectivity index (χ1) is 6.90. The molecule has 0 fully saturated rings. The minimum atomic E-state index is -0.352. The summed E-state index contributed by atoms with van der Waals surface area (Å²) in [4.78, 5) is 11.8. The van der Waals surface area contributed by atoms with Gasteiger partial charge in [0.15, 0.2) is 0 Å². The van der Waals surface area contributed by atoms with Gasteiger partial charge >= 0.3 is 5.97 Å². The molecule has 0 rings (SSSR count). The molecule has 0 aromatic carbocycles. The van der Waals surface area contributed by atoms with Crippen LogP contribution in [0.1, 0.15) is 66.7 Å². The van der Waals surface area contributed by atoms with E-state index in [-0.39, 0.29) is 17.5 Å². The molecule has 15 heavy (non-hydrogen) atoms. The van der Waals surface area contributed by atoms with Gasteiger partial charge in [-0.25, -0.2) is 0 Å². The maximum Gasteiger partial charge on any atom is 0.309 e. The Morgan fingerprint density at radius 2 is 1.73 bits per heavy atom. The Morgan fingerprint density at radius 3 is 2.13 bits per heavy atom. The van der Waals surface area contributed by atoms with Crippen molar-refractivity contribution < 1.29 is 9.53 Å². The Morgan fingerprint density at radius 1 is 1.13 bits per heavy atom. The molecule has 0 aliphatic heterocycles. The number of unbranched alkanes of at least 4 members (excludes halogenated alkanes) is 1. The normalized spacial score (nSPS) is 13.7. The molecule has 0 saturated heterocycles. The Kier molecular flexibility index (Phi) is 6.62. The zero-order valence-electron chi connectivity index (χ0n) is 10.9. The molecule has 2 nitrogen and oxygen atoms in total. The molecule has 0 N–H and O–H groups in total. The summed E-state index contributed by atoms with van der Waals surface area (Å²) in [6.07, 6.45) is 5.23. The molecule has 0 amide bonds. The lowest BCUT2D eigenvalue weighted by Crippen LogP contribution is -2.28. The smallest absolute Gasteiger partial charge is 0.309 e. The highest BCUT2D eigenvalue weighted by Gasteiger charge is 2.23. The monoisotopic (exact) mass is 214 g/mol. The first-order valence-electron chi connectivity index (χ1n) is 6.13. The number of hydrogen-bond acceptors (Lipinski definition) is 2. The Labute approximate surface area is 94.4 Å². The fourth-order valence-electron chi connectivity index (χ4n) is 1.56. The van der Waals surface area contributed by atoms with Gasteiger partial charge in [-0.1, -0.05) is 33.1 Å². The van der Waals surface area contributed by atoms with E-state index in [0.29, 0.717) is 0 Å². The molecular formula is C13H26O2. The highest BCUT2D eigenvalue weighted by Crippen LogP contribution is 2.20. The summed E-state index contributed by atoms with van der Waals surface area (Å²) in [5.41, 5.74) is -0.352. The topological polar surface area (TPSA) is 26.3 Å². The fourth-order valence-corrected chi connectivity index (χ4v) is 1.56. The van der Waals surface area contributed by atoms with Crippen LogP contribution in [0, 0.1) is 5.92 Å². The second-order valence-corrected chi connectivity index (χ2v) is 5.16. The summed E-state index contributed by atoms with van der Waals surface area (Å²) >= 11 is 0. The molecule has 0 aliphatic carbocycles. The standard InChI is InChI=1S/C13H26O2/c1-6-8-10-11(9-7-2)12(14)15-13(3,4)5/h11H,6-10H2,1-5H3/t11-/m0/s1. The molecule has 0 bridgehead atoms. The molecular weight excluding hydrogens is 188 g/mol. The van der Waals surface area contributed by atoms with E-state index in [1.165, 1.54) is 0 Å². The van der Waals surface area contributed by atoms with E-state index in [9.17, 15) is 4.79 Å². The van der Waals surface area contributed by atoms with Crippen LogP contribution in [0.5, 0.6) is 0 Å². The molecule has 2 heteroatoms. The van der Waals surface area contributed by atoms with Gasteiger partial charge in [-0.15, -0.1) is 0 Å². The van der Waals surface area contributed by atoms with E-state index in [2.05, 4.69) is 13.8 Å². The van der Waals surface area contributed by atoms with Crippen molar-refractivity contribution in [3.05, 3.63) is 0 Å². The highest BCUT2D eigenvalue weighted by molar-refractivity contribution is 5.72. The average molecular weight is 214 g/mol. The van der Waals surface area contributed by atoms with Gasteiger partial charge in [-0.3, -0.25) is 4.79 Å². The number of carbonyl (C=O) groups excluding carboxylic acids is 1. The van der Waals surface area contributed by atoms with E-state index in [0.717, 1.165) is 32.1 Å². The van der Waals surface area contributed by atoms with Crippen LogP contribution in [-0.2, 0) is 9.53 Å². The van der Waals surface area contributed by atoms with E-state index < -0.39 is 0 Å². The van der Waals surface area contributed by atoms with Crippen LogP contribution in [0.3, 0.4) is 0 Å². The Hall–Kier alpha value is -0.530. The third-order valence-corrected chi connectivity index (χ3v) is 2.28. The fraction of sp³-hybridized carbons (Fsp3) is 0.923. The van der Waals surface area contributed by atoms with Crippen LogP contribution >= 0.6 is 0 Å². The summed E-state index contributed by atoms with van der Waals surface area (Å²) in [6, 6.07) is 0. The van der Waals surface area contributed by atoms with Crippen molar-refractivity contribution in [1.82, 2.24) is 0 Å². The number of hydrogen-bond donors (Lipinski definition) is 0. The maximum atomic E-state index is 11.8. The van der Waals surface area contributed by atoms with Crippen LogP contribution in [0.2, 0.25) is 0 Å². The number of rotatable bonds is 6. The minimum Gasteiger partial charge on any atom is -0.460 e. The molecule has 0 aromatic rings. The van der Waals surface area contributed by atoms with Gasteiger partial charge in [0, 0.05) is 0 Å². The van der Waals surface area contributed by atoms with Crippen LogP contribution in [0.25, 0.3) is 0 Å². The number of esters is 1. The summed E-state index contributed by atoms with van der Waals surface area (Å²) < 4.78 is 5.41. The third-order valence-electron chi connectivity index (χ3n) is 2.28. The zero-order chi connectivity index (χ0) is 11.9. The molecule has 0 aliphatic rings. The van der Waals surface area contributed by atoms with E-state index in [4.69, 9.17) is 4.74 Å². The lowest BCUT2D eigenvalue weighted by atomic mass is 9.97. The Bertz CT molecular complexity index is 179. The summed E-state index contributed by atoms with van der Waals surface area (Å²) in [5.74, 6) is 0.0898. The van der Waals surface area contributed by atoms with Gasteiger partial charge in [-0.2, -0.15) is 0 Å². The van der Waals surface area contributed by atoms with Crippen molar-refractivity contribution in [2.24, 2.45) is 5.92 Å². The van der Waals surface area contributed by atoms with E-state index in [1.807, 2.05) is 20.8 Å². The lowest BCUT2D eigenvalue weighted by molar-refractivity contribution is -0.160. The van der Waals surface area contributed by atoms with Gasteiger partial charge in [0.2, 0.25) is 0 Å². The van der Waals surface area contributed by atoms with Gasteiger partial charge in [-0.05, 0) is 33.6 Å². The van der Waals surface area contributed by atoms with Gasteiger partial charge in [0.05, 0.1) is 5.92 Å². The average Bonchev–Trinajstić information content (AvgIpc) is 2.09. The predicted octanol–water partition coefficient (Wildman–Crippen LogP) is 3.93. The second kappa shape index (κ2) is 6.86. The summed E-state index contributed by atoms with van der Waals surface area (Å²) in [6.45, 7) is 10.0. The van der Waals surface area contributed by atoms with Gasteiger partial charge in [0.25, 0.3) is 0 Å². The summed E-state index contributed by atoms with van der Waals surface area (Å²) in [7, 11) is 0. The quantitative estimate of drug-likeness (QED) is 0.626. The highest BCUT2D eigenvalue weighted by atomic mass is 16.6. The van der Waals surface area contributed by atoms with E-state index in [1.54, 1.807) is 0 Å². The van der Waals surface area contributed by atoms with Crippen molar-refractivity contribution in [2.75, 3.05) is 0 Å². The lowest BCUT2D eigenvalue weighted by Gasteiger charge is -2.23. The van der Waals surface area contributed by atoms with Crippen molar-refractivity contribution in [2.45, 2.75) is 72.3 Å². The molecule has 0 heterocycles. The number of ether oxygens (including phenoxy) is 1. The number of carbonyl (C=O) groups is 1. The minimum absolute atomic E-state index is 0.0159. The van der Waals surface area contributed by atoms with Crippen molar-refractivity contribution in [3.8, 4) is 0 Å². The largest absolute Gasteiger partial charge is 0.460 e. The molecule has 0 saturated carbocycles. The molecule has 0 unspecified atom stereocenters. The first-order valence-corrected chi connectivity index (χ1v) is 6.13. The molecule has 0 radical (unpaired) electrons. The van der Waals surface area contributed by atoms with Crippen LogP contribution in [0.15, 0.2) is 0 Å². The molecule has 0 aromatic heterocycles. The Balaban J connectivity index is 4.15. The first kappa shape index (κ1) is 14.5. The van der Waals surface area contributed by atoms with Gasteiger partial charge < -0.3 is 4.74 Å². The third kappa shape index (κ3) is 7.40. The van der Waals surface area contributed by atoms with Crippen LogP contribution in [0.4, 0.5) is 0 Å². The molecule has 0 spiro atoms.